The van der Waals surface area contributed by atoms with Gasteiger partial charge in [0.1, 0.15) is 5.69 Å². The highest BCUT2D eigenvalue weighted by Gasteiger charge is 2.24. The number of aryl methyl sites for hydroxylation is 1. The SMILES string of the molecule is Cn1cnc(-c2noc(-c3cn[nH]c3C3CCCCC3)n2)c1. The highest BCUT2D eigenvalue weighted by Crippen LogP contribution is 2.36. The fourth-order valence-electron chi connectivity index (χ4n) is 3.13. The predicted molar refractivity (Wildman–Crippen MR) is 79.9 cm³/mol. The third-order valence-electron chi connectivity index (χ3n) is 4.27. The van der Waals surface area contributed by atoms with E-state index in [9.17, 15) is 0 Å². The molecule has 0 atom stereocenters. The van der Waals surface area contributed by atoms with Gasteiger partial charge in [0.2, 0.25) is 5.82 Å². The van der Waals surface area contributed by atoms with E-state index in [0.29, 0.717) is 23.3 Å². The average Bonchev–Trinajstić information content (AvgIpc) is 3.27. The summed E-state index contributed by atoms with van der Waals surface area (Å²) in [7, 11) is 1.91. The maximum Gasteiger partial charge on any atom is 0.261 e. The second-order valence-electron chi connectivity index (χ2n) is 5.88. The molecule has 0 radical (unpaired) electrons. The third kappa shape index (κ3) is 2.32. The molecule has 0 unspecified atom stereocenters. The van der Waals surface area contributed by atoms with Crippen LogP contribution in [0.3, 0.4) is 0 Å². The summed E-state index contributed by atoms with van der Waals surface area (Å²) in [5.74, 6) is 1.53. The minimum absolute atomic E-state index is 0.506. The van der Waals surface area contributed by atoms with Gasteiger partial charge >= 0.3 is 0 Å². The van der Waals surface area contributed by atoms with Gasteiger partial charge in [0.15, 0.2) is 0 Å². The smallest absolute Gasteiger partial charge is 0.261 e. The molecular formula is C15H18N6O. The van der Waals surface area contributed by atoms with Crippen molar-refractivity contribution in [3.05, 3.63) is 24.4 Å². The van der Waals surface area contributed by atoms with Gasteiger partial charge in [-0.15, -0.1) is 0 Å². The van der Waals surface area contributed by atoms with Gasteiger partial charge in [0.25, 0.3) is 5.89 Å². The number of nitrogens with zero attached hydrogens (tertiary/aromatic N) is 5. The van der Waals surface area contributed by atoms with Crippen LogP contribution in [0.5, 0.6) is 0 Å². The Morgan fingerprint density at radius 1 is 1.27 bits per heavy atom. The first kappa shape index (κ1) is 13.2. The summed E-state index contributed by atoms with van der Waals surface area (Å²) in [5, 5.41) is 11.4. The number of H-pyrrole nitrogens is 1. The molecule has 1 N–H and O–H groups in total. The summed E-state index contributed by atoms with van der Waals surface area (Å²) in [5.41, 5.74) is 2.75. The molecule has 0 spiro atoms. The van der Waals surface area contributed by atoms with Gasteiger partial charge in [-0.05, 0) is 12.8 Å². The molecule has 0 aliphatic heterocycles. The fraction of sp³-hybridized carbons (Fsp3) is 0.467. The second-order valence-corrected chi connectivity index (χ2v) is 5.88. The Morgan fingerprint density at radius 3 is 2.91 bits per heavy atom. The lowest BCUT2D eigenvalue weighted by molar-refractivity contribution is 0.423. The predicted octanol–water partition coefficient (Wildman–Crippen LogP) is 2.91. The van der Waals surface area contributed by atoms with E-state index >= 15 is 0 Å². The Labute approximate surface area is 127 Å². The van der Waals surface area contributed by atoms with Crippen molar-refractivity contribution < 1.29 is 4.52 Å². The molecule has 3 heterocycles. The average molecular weight is 298 g/mol. The highest BCUT2D eigenvalue weighted by atomic mass is 16.5. The Hall–Kier alpha value is -2.44. The molecule has 4 rings (SSSR count). The van der Waals surface area contributed by atoms with Gasteiger partial charge in [0.05, 0.1) is 23.8 Å². The lowest BCUT2D eigenvalue weighted by Crippen LogP contribution is -2.06. The molecule has 114 valence electrons. The first-order valence-electron chi connectivity index (χ1n) is 7.67. The van der Waals surface area contributed by atoms with Gasteiger partial charge in [0, 0.05) is 19.2 Å². The summed E-state index contributed by atoms with van der Waals surface area (Å²) in [6.07, 6.45) is 11.6. The molecule has 0 amide bonds. The first-order valence-corrected chi connectivity index (χ1v) is 7.67. The van der Waals surface area contributed by atoms with Crippen molar-refractivity contribution in [2.24, 2.45) is 7.05 Å². The van der Waals surface area contributed by atoms with E-state index < -0.39 is 0 Å². The third-order valence-corrected chi connectivity index (χ3v) is 4.27. The molecule has 0 aromatic carbocycles. The van der Waals surface area contributed by atoms with Crippen LogP contribution in [0.15, 0.2) is 23.2 Å². The van der Waals surface area contributed by atoms with Gasteiger partial charge in [-0.3, -0.25) is 5.10 Å². The van der Waals surface area contributed by atoms with Crippen LogP contribution in [0.1, 0.15) is 43.7 Å². The lowest BCUT2D eigenvalue weighted by atomic mass is 9.85. The summed E-state index contributed by atoms with van der Waals surface area (Å²) in [4.78, 5) is 8.73. The molecule has 1 fully saturated rings. The van der Waals surface area contributed by atoms with Crippen LogP contribution >= 0.6 is 0 Å². The van der Waals surface area contributed by atoms with Crippen molar-refractivity contribution in [3.8, 4) is 23.0 Å². The molecule has 3 aromatic heterocycles. The van der Waals surface area contributed by atoms with E-state index in [1.165, 1.54) is 32.1 Å². The van der Waals surface area contributed by atoms with Crippen LogP contribution in [-0.2, 0) is 7.05 Å². The Kier molecular flexibility index (Phi) is 3.25. The van der Waals surface area contributed by atoms with E-state index in [1.54, 1.807) is 12.5 Å². The molecule has 7 nitrogen and oxygen atoms in total. The molecule has 22 heavy (non-hydrogen) atoms. The molecule has 0 saturated heterocycles. The summed E-state index contributed by atoms with van der Waals surface area (Å²) < 4.78 is 7.29. The van der Waals surface area contributed by atoms with Crippen LogP contribution in [0, 0.1) is 0 Å². The Morgan fingerprint density at radius 2 is 2.14 bits per heavy atom. The zero-order valence-corrected chi connectivity index (χ0v) is 12.5. The van der Waals surface area contributed by atoms with Gasteiger partial charge < -0.3 is 9.09 Å². The maximum atomic E-state index is 5.43. The van der Waals surface area contributed by atoms with Crippen LogP contribution in [0.2, 0.25) is 0 Å². The summed E-state index contributed by atoms with van der Waals surface area (Å²) >= 11 is 0. The number of imidazole rings is 1. The molecule has 1 aliphatic carbocycles. The minimum atomic E-state index is 0.506. The fourth-order valence-corrected chi connectivity index (χ4v) is 3.13. The normalized spacial score (nSPS) is 16.2. The van der Waals surface area contributed by atoms with E-state index in [4.69, 9.17) is 4.52 Å². The molecule has 1 saturated carbocycles. The highest BCUT2D eigenvalue weighted by molar-refractivity contribution is 5.59. The van der Waals surface area contributed by atoms with Crippen molar-refractivity contribution in [1.82, 2.24) is 29.9 Å². The van der Waals surface area contributed by atoms with E-state index in [0.717, 1.165) is 11.3 Å². The van der Waals surface area contributed by atoms with Gasteiger partial charge in [-0.2, -0.15) is 10.1 Å². The van der Waals surface area contributed by atoms with Crippen LogP contribution in [-0.4, -0.2) is 29.9 Å². The molecule has 7 heteroatoms. The van der Waals surface area contributed by atoms with Crippen molar-refractivity contribution in [2.75, 3.05) is 0 Å². The van der Waals surface area contributed by atoms with Crippen molar-refractivity contribution >= 4 is 0 Å². The van der Waals surface area contributed by atoms with Crippen molar-refractivity contribution in [1.29, 1.82) is 0 Å². The van der Waals surface area contributed by atoms with Crippen LogP contribution < -0.4 is 0 Å². The van der Waals surface area contributed by atoms with Crippen LogP contribution in [0.4, 0.5) is 0 Å². The zero-order chi connectivity index (χ0) is 14.9. The number of nitrogens with one attached hydrogen (secondary N) is 1. The Bertz CT molecular complexity index is 764. The molecule has 3 aromatic rings. The number of hydrogen-bond donors (Lipinski definition) is 1. The van der Waals surface area contributed by atoms with Crippen LogP contribution in [0.25, 0.3) is 23.0 Å². The minimum Gasteiger partial charge on any atom is -0.340 e. The Balaban J connectivity index is 1.65. The monoisotopic (exact) mass is 298 g/mol. The van der Waals surface area contributed by atoms with Gasteiger partial charge in [-0.1, -0.05) is 24.4 Å². The molecule has 0 bridgehead atoms. The zero-order valence-electron chi connectivity index (χ0n) is 12.5. The molecular weight excluding hydrogens is 280 g/mol. The molecule has 1 aliphatic rings. The summed E-state index contributed by atoms with van der Waals surface area (Å²) in [6, 6.07) is 0. The number of hydrogen-bond acceptors (Lipinski definition) is 5. The van der Waals surface area contributed by atoms with E-state index in [-0.39, 0.29) is 0 Å². The number of aromatic amines is 1. The standard InChI is InChI=1S/C15H18N6O/c1-21-8-12(16-9-21)14-18-15(22-20-14)11-7-17-19-13(11)10-5-3-2-4-6-10/h7-10H,2-6H2,1H3,(H,17,19). The first-order chi connectivity index (χ1) is 10.8. The van der Waals surface area contributed by atoms with Crippen molar-refractivity contribution in [2.45, 2.75) is 38.0 Å². The number of aromatic nitrogens is 6. The maximum absolute atomic E-state index is 5.43. The van der Waals surface area contributed by atoms with E-state index in [2.05, 4.69) is 25.3 Å². The van der Waals surface area contributed by atoms with Gasteiger partial charge in [-0.25, -0.2) is 4.98 Å². The second kappa shape index (κ2) is 5.40. The topological polar surface area (TPSA) is 85.4 Å². The largest absolute Gasteiger partial charge is 0.340 e. The van der Waals surface area contributed by atoms with E-state index in [1.807, 2.05) is 17.8 Å². The quantitative estimate of drug-likeness (QED) is 0.803. The summed E-state index contributed by atoms with van der Waals surface area (Å²) in [6.45, 7) is 0. The number of rotatable bonds is 3. The van der Waals surface area contributed by atoms with Crippen molar-refractivity contribution in [3.63, 3.8) is 0 Å². The lowest BCUT2D eigenvalue weighted by Gasteiger charge is -2.20.